The van der Waals surface area contributed by atoms with Crippen molar-refractivity contribution in [3.05, 3.63) is 65.9 Å². The molecule has 0 aliphatic carbocycles. The Morgan fingerprint density at radius 2 is 2.11 bits per heavy atom. The third kappa shape index (κ3) is 3.40. The molecule has 1 atom stereocenters. The van der Waals surface area contributed by atoms with Crippen LogP contribution in [0.1, 0.15) is 29.1 Å². The first-order valence-corrected chi connectivity index (χ1v) is 8.84. The summed E-state index contributed by atoms with van der Waals surface area (Å²) in [5.41, 5.74) is 1.87. The van der Waals surface area contributed by atoms with E-state index in [4.69, 9.17) is 9.47 Å². The molecule has 2 aromatic heterocycles. The van der Waals surface area contributed by atoms with Crippen LogP contribution < -0.4 is 14.4 Å². The molecule has 0 N–H and O–H groups in total. The minimum Gasteiger partial charge on any atom is -0.497 e. The van der Waals surface area contributed by atoms with Gasteiger partial charge in [-0.3, -0.25) is 9.48 Å². The highest BCUT2D eigenvalue weighted by molar-refractivity contribution is 6.06. The summed E-state index contributed by atoms with van der Waals surface area (Å²) >= 11 is 0. The molecule has 0 spiro atoms. The lowest BCUT2D eigenvalue weighted by atomic mass is 10.1. The molecule has 0 bridgehead atoms. The third-order valence-corrected chi connectivity index (χ3v) is 4.55. The fourth-order valence-corrected chi connectivity index (χ4v) is 3.17. The molecular formula is C20H19FN4O3. The quantitative estimate of drug-likeness (QED) is 0.678. The summed E-state index contributed by atoms with van der Waals surface area (Å²) in [5.74, 6) is 0.426. The number of benzene rings is 1. The van der Waals surface area contributed by atoms with Gasteiger partial charge in [0.2, 0.25) is 5.88 Å². The molecule has 1 amide bonds. The average molecular weight is 382 g/mol. The summed E-state index contributed by atoms with van der Waals surface area (Å²) in [6.45, 7) is 2.64. The summed E-state index contributed by atoms with van der Waals surface area (Å²) in [7, 11) is 1.59. The van der Waals surface area contributed by atoms with Crippen LogP contribution in [0, 0.1) is 5.82 Å². The topological polar surface area (TPSA) is 69.5 Å². The van der Waals surface area contributed by atoms with Crippen molar-refractivity contribution in [3.8, 4) is 11.6 Å². The van der Waals surface area contributed by atoms with Gasteiger partial charge >= 0.3 is 0 Å². The SMILES string of the molecule is COc1cccc(N2C[C@@H](C)n3nc(COc4ccc(F)cn4)cc3C2=O)c1. The molecule has 7 nitrogen and oxygen atoms in total. The van der Waals surface area contributed by atoms with Crippen molar-refractivity contribution in [2.24, 2.45) is 0 Å². The monoisotopic (exact) mass is 382 g/mol. The molecule has 3 heterocycles. The van der Waals surface area contributed by atoms with E-state index in [1.54, 1.807) is 22.8 Å². The summed E-state index contributed by atoms with van der Waals surface area (Å²) in [4.78, 5) is 18.6. The molecule has 8 heteroatoms. The van der Waals surface area contributed by atoms with E-state index in [1.165, 1.54) is 12.1 Å². The van der Waals surface area contributed by atoms with Crippen LogP contribution in [0.25, 0.3) is 0 Å². The van der Waals surface area contributed by atoms with Gasteiger partial charge in [-0.1, -0.05) is 6.07 Å². The van der Waals surface area contributed by atoms with Crippen molar-refractivity contribution in [1.29, 1.82) is 0 Å². The lowest BCUT2D eigenvalue weighted by molar-refractivity contribution is 0.0953. The van der Waals surface area contributed by atoms with Crippen LogP contribution in [0.4, 0.5) is 10.1 Å². The van der Waals surface area contributed by atoms with Crippen LogP contribution in [-0.4, -0.2) is 34.3 Å². The lowest BCUT2D eigenvalue weighted by Gasteiger charge is -2.31. The first-order valence-electron chi connectivity index (χ1n) is 8.84. The number of ether oxygens (including phenoxy) is 2. The van der Waals surface area contributed by atoms with Crippen molar-refractivity contribution >= 4 is 11.6 Å². The molecule has 1 aliphatic heterocycles. The Kier molecular flexibility index (Phi) is 4.68. The van der Waals surface area contributed by atoms with Crippen LogP contribution in [0.2, 0.25) is 0 Å². The van der Waals surface area contributed by atoms with Crippen molar-refractivity contribution in [2.75, 3.05) is 18.6 Å². The first-order chi connectivity index (χ1) is 13.5. The third-order valence-electron chi connectivity index (χ3n) is 4.55. The van der Waals surface area contributed by atoms with Gasteiger partial charge in [-0.25, -0.2) is 9.37 Å². The number of carbonyl (C=O) groups excluding carboxylic acids is 1. The Labute approximate surface area is 161 Å². The van der Waals surface area contributed by atoms with Crippen LogP contribution in [0.5, 0.6) is 11.6 Å². The lowest BCUT2D eigenvalue weighted by Crippen LogP contribution is -2.42. The number of nitrogens with zero attached hydrogens (tertiary/aromatic N) is 4. The number of amides is 1. The Balaban J connectivity index is 1.55. The number of hydrogen-bond acceptors (Lipinski definition) is 5. The molecule has 4 rings (SSSR count). The van der Waals surface area contributed by atoms with Gasteiger partial charge in [0, 0.05) is 24.4 Å². The van der Waals surface area contributed by atoms with Crippen LogP contribution >= 0.6 is 0 Å². The molecule has 0 radical (unpaired) electrons. The van der Waals surface area contributed by atoms with Gasteiger partial charge in [0.25, 0.3) is 5.91 Å². The summed E-state index contributed by atoms with van der Waals surface area (Å²) in [6, 6.07) is 11.8. The van der Waals surface area contributed by atoms with Crippen molar-refractivity contribution in [2.45, 2.75) is 19.6 Å². The number of aromatic nitrogens is 3. The molecule has 0 fully saturated rings. The molecule has 0 saturated heterocycles. The number of methoxy groups -OCH3 is 1. The minimum absolute atomic E-state index is 0.00315. The van der Waals surface area contributed by atoms with E-state index in [1.807, 2.05) is 31.2 Å². The molecule has 28 heavy (non-hydrogen) atoms. The second-order valence-corrected chi connectivity index (χ2v) is 6.54. The van der Waals surface area contributed by atoms with E-state index in [9.17, 15) is 9.18 Å². The molecule has 0 unspecified atom stereocenters. The highest BCUT2D eigenvalue weighted by atomic mass is 19.1. The zero-order chi connectivity index (χ0) is 19.7. The maximum Gasteiger partial charge on any atom is 0.276 e. The minimum atomic E-state index is -0.429. The molecule has 3 aromatic rings. The van der Waals surface area contributed by atoms with Crippen molar-refractivity contribution in [1.82, 2.24) is 14.8 Å². The Morgan fingerprint density at radius 3 is 2.86 bits per heavy atom. The molecular weight excluding hydrogens is 363 g/mol. The average Bonchev–Trinajstić information content (AvgIpc) is 3.16. The maximum atomic E-state index is 13.0. The highest BCUT2D eigenvalue weighted by Gasteiger charge is 2.31. The van der Waals surface area contributed by atoms with Crippen LogP contribution in [0.15, 0.2) is 48.7 Å². The molecule has 0 saturated carbocycles. The van der Waals surface area contributed by atoms with Gasteiger partial charge in [0.1, 0.15) is 29.6 Å². The number of pyridine rings is 1. The number of hydrogen-bond donors (Lipinski definition) is 0. The van der Waals surface area contributed by atoms with Gasteiger partial charge in [0.15, 0.2) is 0 Å². The number of fused-ring (bicyclic) bond motifs is 1. The van der Waals surface area contributed by atoms with Gasteiger partial charge in [-0.15, -0.1) is 0 Å². The van der Waals surface area contributed by atoms with E-state index in [0.29, 0.717) is 29.6 Å². The van der Waals surface area contributed by atoms with Gasteiger partial charge in [0.05, 0.1) is 19.3 Å². The number of rotatable bonds is 5. The number of halogens is 1. The Bertz CT molecular complexity index is 1000. The van der Waals surface area contributed by atoms with Gasteiger partial charge in [-0.05, 0) is 31.2 Å². The highest BCUT2D eigenvalue weighted by Crippen LogP contribution is 2.29. The first kappa shape index (κ1) is 18.0. The second-order valence-electron chi connectivity index (χ2n) is 6.54. The number of carbonyl (C=O) groups is 1. The molecule has 1 aliphatic rings. The summed E-state index contributed by atoms with van der Waals surface area (Å²) < 4.78 is 25.5. The maximum absolute atomic E-state index is 13.0. The zero-order valence-electron chi connectivity index (χ0n) is 15.5. The molecule has 1 aromatic carbocycles. The number of anilines is 1. The van der Waals surface area contributed by atoms with Gasteiger partial charge < -0.3 is 14.4 Å². The smallest absolute Gasteiger partial charge is 0.276 e. The largest absolute Gasteiger partial charge is 0.497 e. The fourth-order valence-electron chi connectivity index (χ4n) is 3.17. The predicted octanol–water partition coefficient (Wildman–Crippen LogP) is 3.23. The van der Waals surface area contributed by atoms with Crippen LogP contribution in [0.3, 0.4) is 0 Å². The van der Waals surface area contributed by atoms with E-state index < -0.39 is 5.82 Å². The standard InChI is InChI=1S/C20H19FN4O3/c1-13-11-24(16-4-3-5-17(9-16)27-2)20(26)18-8-15(23-25(13)18)12-28-19-7-6-14(21)10-22-19/h3-10,13H,11-12H2,1-2H3/t13-/m1/s1. The van der Waals surface area contributed by atoms with Crippen molar-refractivity contribution in [3.63, 3.8) is 0 Å². The Hall–Kier alpha value is -3.42. The van der Waals surface area contributed by atoms with Gasteiger partial charge in [-0.2, -0.15) is 5.10 Å². The van der Waals surface area contributed by atoms with E-state index >= 15 is 0 Å². The van der Waals surface area contributed by atoms with Crippen LogP contribution in [-0.2, 0) is 6.61 Å². The van der Waals surface area contributed by atoms with E-state index in [0.717, 1.165) is 11.9 Å². The second kappa shape index (κ2) is 7.30. The summed E-state index contributed by atoms with van der Waals surface area (Å²) in [6.07, 6.45) is 1.09. The van der Waals surface area contributed by atoms with E-state index in [2.05, 4.69) is 10.1 Å². The normalized spacial score (nSPS) is 16.0. The summed E-state index contributed by atoms with van der Waals surface area (Å²) in [5, 5.41) is 4.49. The Morgan fingerprint density at radius 1 is 1.25 bits per heavy atom. The van der Waals surface area contributed by atoms with E-state index in [-0.39, 0.29) is 18.6 Å². The zero-order valence-corrected chi connectivity index (χ0v) is 15.5. The fraction of sp³-hybridized carbons (Fsp3) is 0.250. The predicted molar refractivity (Wildman–Crippen MR) is 100 cm³/mol. The molecule has 144 valence electrons. The van der Waals surface area contributed by atoms with Crippen molar-refractivity contribution < 1.29 is 18.7 Å².